The van der Waals surface area contributed by atoms with Gasteiger partial charge in [0, 0.05) is 31.8 Å². The van der Waals surface area contributed by atoms with Crippen LogP contribution < -0.4 is 5.32 Å². The summed E-state index contributed by atoms with van der Waals surface area (Å²) in [4.78, 5) is 3.94. The normalized spacial score (nSPS) is 23.5. The van der Waals surface area contributed by atoms with Crippen LogP contribution in [0.2, 0.25) is 0 Å². The lowest BCUT2D eigenvalue weighted by molar-refractivity contribution is -0.0520. The molecule has 0 aliphatic heterocycles. The third kappa shape index (κ3) is 4.04. The molecule has 1 atom stereocenters. The molecule has 1 aromatic heterocycles. The zero-order chi connectivity index (χ0) is 12.1. The fourth-order valence-electron chi connectivity index (χ4n) is 2.37. The van der Waals surface area contributed by atoms with E-state index in [9.17, 15) is 8.78 Å². The van der Waals surface area contributed by atoms with Crippen LogP contribution in [-0.2, 0) is 6.54 Å². The number of nitrogens with zero attached hydrogens (tertiary/aromatic N) is 1. The Bertz CT molecular complexity index is 341. The minimum atomic E-state index is -2.44. The molecule has 17 heavy (non-hydrogen) atoms. The van der Waals surface area contributed by atoms with Crippen LogP contribution >= 0.6 is 0 Å². The second-order valence-corrected chi connectivity index (χ2v) is 4.80. The van der Waals surface area contributed by atoms with Gasteiger partial charge in [0.25, 0.3) is 0 Å². The Labute approximate surface area is 100 Å². The van der Waals surface area contributed by atoms with Gasteiger partial charge in [0.15, 0.2) is 0 Å². The molecule has 1 fully saturated rings. The summed E-state index contributed by atoms with van der Waals surface area (Å²) in [6, 6.07) is 3.87. The van der Waals surface area contributed by atoms with Crippen molar-refractivity contribution < 1.29 is 8.78 Å². The molecule has 1 aliphatic carbocycles. The molecule has 2 rings (SSSR count). The predicted molar refractivity (Wildman–Crippen MR) is 62.8 cm³/mol. The van der Waals surface area contributed by atoms with Crippen LogP contribution in [0.4, 0.5) is 8.78 Å². The maximum Gasteiger partial charge on any atom is 0.248 e. The van der Waals surface area contributed by atoms with Gasteiger partial charge in [-0.25, -0.2) is 8.78 Å². The second kappa shape index (κ2) is 5.54. The molecule has 0 bridgehead atoms. The van der Waals surface area contributed by atoms with E-state index >= 15 is 0 Å². The third-order valence-corrected chi connectivity index (χ3v) is 3.25. The van der Waals surface area contributed by atoms with Gasteiger partial charge in [-0.1, -0.05) is 0 Å². The fraction of sp³-hybridized carbons (Fsp3) is 0.615. The molecule has 1 aliphatic rings. The van der Waals surface area contributed by atoms with E-state index in [1.165, 1.54) is 0 Å². The Morgan fingerprint density at radius 1 is 1.35 bits per heavy atom. The van der Waals surface area contributed by atoms with Crippen molar-refractivity contribution >= 4 is 0 Å². The van der Waals surface area contributed by atoms with Crippen molar-refractivity contribution in [2.24, 2.45) is 5.92 Å². The lowest BCUT2D eigenvalue weighted by Crippen LogP contribution is -2.32. The van der Waals surface area contributed by atoms with Crippen LogP contribution in [0.3, 0.4) is 0 Å². The molecule has 0 spiro atoms. The maximum absolute atomic E-state index is 13.2. The number of aromatic nitrogens is 1. The van der Waals surface area contributed by atoms with E-state index in [1.807, 2.05) is 12.1 Å². The third-order valence-electron chi connectivity index (χ3n) is 3.25. The van der Waals surface area contributed by atoms with Gasteiger partial charge in [0.1, 0.15) is 0 Å². The molecule has 0 saturated heterocycles. The van der Waals surface area contributed by atoms with Crippen LogP contribution in [0, 0.1) is 5.92 Å². The van der Waals surface area contributed by atoms with Gasteiger partial charge < -0.3 is 5.32 Å². The minimum absolute atomic E-state index is 0.0380. The lowest BCUT2D eigenvalue weighted by Gasteiger charge is -2.29. The fourth-order valence-corrected chi connectivity index (χ4v) is 2.37. The van der Waals surface area contributed by atoms with Gasteiger partial charge in [0.2, 0.25) is 5.92 Å². The summed E-state index contributed by atoms with van der Waals surface area (Å²) < 4.78 is 26.3. The molecule has 1 heterocycles. The van der Waals surface area contributed by atoms with Crippen molar-refractivity contribution in [2.45, 2.75) is 38.2 Å². The largest absolute Gasteiger partial charge is 0.312 e. The topological polar surface area (TPSA) is 24.9 Å². The first-order valence-electron chi connectivity index (χ1n) is 6.13. The highest BCUT2D eigenvalue weighted by Gasteiger charge is 2.35. The van der Waals surface area contributed by atoms with E-state index in [0.29, 0.717) is 13.0 Å². The number of rotatable bonds is 4. The average molecular weight is 240 g/mol. The Balaban J connectivity index is 1.72. The Morgan fingerprint density at radius 3 is 2.82 bits per heavy atom. The first-order chi connectivity index (χ1) is 8.16. The zero-order valence-electron chi connectivity index (χ0n) is 9.83. The van der Waals surface area contributed by atoms with Gasteiger partial charge >= 0.3 is 0 Å². The molecule has 0 aromatic carbocycles. The lowest BCUT2D eigenvalue weighted by atomic mass is 9.86. The molecule has 4 heteroatoms. The number of halogens is 2. The van der Waals surface area contributed by atoms with Crippen LogP contribution in [-0.4, -0.2) is 17.5 Å². The van der Waals surface area contributed by atoms with Crippen molar-refractivity contribution in [3.63, 3.8) is 0 Å². The van der Waals surface area contributed by atoms with E-state index in [-0.39, 0.29) is 18.8 Å². The Hall–Kier alpha value is -1.03. The molecule has 1 aromatic rings. The smallest absolute Gasteiger partial charge is 0.248 e. The second-order valence-electron chi connectivity index (χ2n) is 4.80. The summed E-state index contributed by atoms with van der Waals surface area (Å²) in [7, 11) is 0. The van der Waals surface area contributed by atoms with Crippen LogP contribution in [0.15, 0.2) is 24.5 Å². The molecule has 0 radical (unpaired) electrons. The van der Waals surface area contributed by atoms with Gasteiger partial charge in [-0.3, -0.25) is 4.98 Å². The predicted octanol–water partition coefficient (Wildman–Crippen LogP) is 3.00. The molecule has 0 amide bonds. The molecule has 1 saturated carbocycles. The average Bonchev–Trinajstić information content (AvgIpc) is 2.29. The summed E-state index contributed by atoms with van der Waals surface area (Å²) in [5.74, 6) is -2.33. The summed E-state index contributed by atoms with van der Waals surface area (Å²) in [6.45, 7) is 1.41. The van der Waals surface area contributed by atoms with E-state index in [1.54, 1.807) is 12.4 Å². The first-order valence-corrected chi connectivity index (χ1v) is 6.13. The maximum atomic E-state index is 13.2. The zero-order valence-corrected chi connectivity index (χ0v) is 9.83. The number of hydrogen-bond donors (Lipinski definition) is 1. The summed E-state index contributed by atoms with van der Waals surface area (Å²) in [5, 5.41) is 3.25. The summed E-state index contributed by atoms with van der Waals surface area (Å²) in [5.41, 5.74) is 1.14. The first kappa shape index (κ1) is 12.4. The molecular formula is C13H18F2N2. The van der Waals surface area contributed by atoms with Crippen LogP contribution in [0.25, 0.3) is 0 Å². The molecular weight excluding hydrogens is 222 g/mol. The van der Waals surface area contributed by atoms with E-state index < -0.39 is 5.92 Å². The van der Waals surface area contributed by atoms with Crippen molar-refractivity contribution in [3.05, 3.63) is 30.1 Å². The number of hydrogen-bond acceptors (Lipinski definition) is 2. The van der Waals surface area contributed by atoms with E-state index in [2.05, 4.69) is 10.3 Å². The van der Waals surface area contributed by atoms with Crippen molar-refractivity contribution in [1.82, 2.24) is 10.3 Å². The Morgan fingerprint density at radius 2 is 2.12 bits per heavy atom. The van der Waals surface area contributed by atoms with E-state index in [4.69, 9.17) is 0 Å². The van der Waals surface area contributed by atoms with E-state index in [0.717, 1.165) is 18.5 Å². The minimum Gasteiger partial charge on any atom is -0.312 e. The highest BCUT2D eigenvalue weighted by atomic mass is 19.3. The van der Waals surface area contributed by atoms with Gasteiger partial charge in [-0.05, 0) is 43.0 Å². The van der Waals surface area contributed by atoms with Gasteiger partial charge in [-0.15, -0.1) is 0 Å². The van der Waals surface area contributed by atoms with Crippen molar-refractivity contribution in [3.8, 4) is 0 Å². The Kier molecular flexibility index (Phi) is 4.05. The summed E-state index contributed by atoms with van der Waals surface area (Å²) in [6.07, 6.45) is 5.15. The van der Waals surface area contributed by atoms with Gasteiger partial charge in [-0.2, -0.15) is 0 Å². The van der Waals surface area contributed by atoms with Crippen LogP contribution in [0.5, 0.6) is 0 Å². The van der Waals surface area contributed by atoms with Crippen molar-refractivity contribution in [1.29, 1.82) is 0 Å². The SMILES string of the molecule is FC1(F)CCCC(CNCc2ccncc2)C1. The highest BCUT2D eigenvalue weighted by molar-refractivity contribution is 5.08. The quantitative estimate of drug-likeness (QED) is 0.875. The standard InChI is InChI=1S/C13H18F2N2/c14-13(15)5-1-2-12(8-13)10-17-9-11-3-6-16-7-4-11/h3-4,6-7,12,17H,1-2,5,8-10H2. The van der Waals surface area contributed by atoms with Crippen molar-refractivity contribution in [2.75, 3.05) is 6.54 Å². The summed E-state index contributed by atoms with van der Waals surface area (Å²) >= 11 is 0. The number of nitrogens with one attached hydrogen (secondary N) is 1. The molecule has 1 unspecified atom stereocenters. The monoisotopic (exact) mass is 240 g/mol. The molecule has 2 nitrogen and oxygen atoms in total. The number of alkyl halides is 2. The highest BCUT2D eigenvalue weighted by Crippen LogP contribution is 2.36. The number of pyridine rings is 1. The van der Waals surface area contributed by atoms with Crippen LogP contribution in [0.1, 0.15) is 31.2 Å². The molecule has 1 N–H and O–H groups in total. The van der Waals surface area contributed by atoms with Gasteiger partial charge in [0.05, 0.1) is 0 Å². The molecule has 94 valence electrons.